The van der Waals surface area contributed by atoms with Crippen LogP contribution in [0.3, 0.4) is 0 Å². The second-order valence-corrected chi connectivity index (χ2v) is 8.75. The summed E-state index contributed by atoms with van der Waals surface area (Å²) < 4.78 is 27.1. The lowest BCUT2D eigenvalue weighted by Gasteiger charge is -2.44. The van der Waals surface area contributed by atoms with E-state index in [9.17, 15) is 28.6 Å². The van der Waals surface area contributed by atoms with E-state index in [2.05, 4.69) is 0 Å². The Morgan fingerprint density at radius 3 is 2.23 bits per heavy atom. The molecule has 1 heterocycles. The third-order valence-corrected chi connectivity index (χ3v) is 6.87. The molecule has 1 fully saturated rings. The van der Waals surface area contributed by atoms with Gasteiger partial charge in [-0.15, -0.1) is 20.2 Å². The Hall–Kier alpha value is -3.25. The maximum atomic E-state index is 13.0. The van der Waals surface area contributed by atoms with Gasteiger partial charge in [0.15, 0.2) is 11.7 Å². The molecular formula is C18H19N3O8S. The summed E-state index contributed by atoms with van der Waals surface area (Å²) >= 11 is 0. The largest absolute Gasteiger partial charge is 0.306 e. The minimum Gasteiger partial charge on any atom is -0.306 e. The zero-order chi connectivity index (χ0) is 21.9. The summed E-state index contributed by atoms with van der Waals surface area (Å²) in [6.07, 6.45) is -1.78. The van der Waals surface area contributed by atoms with E-state index in [4.69, 9.17) is 9.68 Å². The van der Waals surface area contributed by atoms with Gasteiger partial charge in [-0.3, -0.25) is 0 Å². The summed E-state index contributed by atoms with van der Waals surface area (Å²) in [4.78, 5) is 32.0. The molecule has 0 radical (unpaired) electrons. The Labute approximate surface area is 172 Å². The summed E-state index contributed by atoms with van der Waals surface area (Å²) in [6, 6.07) is 14.0. The Morgan fingerprint density at radius 2 is 1.67 bits per heavy atom. The molecule has 2 atom stereocenters. The van der Waals surface area contributed by atoms with Gasteiger partial charge in [0, 0.05) is 13.1 Å². The quantitative estimate of drug-likeness (QED) is 0.473. The molecule has 0 spiro atoms. The van der Waals surface area contributed by atoms with Crippen molar-refractivity contribution in [3.05, 3.63) is 86.0 Å². The van der Waals surface area contributed by atoms with Gasteiger partial charge in [-0.05, 0) is 31.0 Å². The fourth-order valence-electron chi connectivity index (χ4n) is 3.52. The van der Waals surface area contributed by atoms with Crippen molar-refractivity contribution in [2.75, 3.05) is 13.1 Å². The van der Waals surface area contributed by atoms with Crippen molar-refractivity contribution in [2.24, 2.45) is 0 Å². The van der Waals surface area contributed by atoms with Crippen LogP contribution in [0.1, 0.15) is 17.5 Å². The zero-order valence-electron chi connectivity index (χ0n) is 15.9. The van der Waals surface area contributed by atoms with Gasteiger partial charge in [-0.25, -0.2) is 8.42 Å². The van der Waals surface area contributed by atoms with Crippen molar-refractivity contribution >= 4 is 10.0 Å². The Morgan fingerprint density at radius 1 is 1.03 bits per heavy atom. The highest BCUT2D eigenvalue weighted by Gasteiger charge is 2.52. The van der Waals surface area contributed by atoms with Crippen molar-refractivity contribution in [1.82, 2.24) is 4.31 Å². The molecular weight excluding hydrogens is 418 g/mol. The number of aryl methyl sites for hydroxylation is 1. The molecule has 0 N–H and O–H groups in total. The molecule has 2 aromatic rings. The fourth-order valence-corrected chi connectivity index (χ4v) is 4.96. The molecule has 30 heavy (non-hydrogen) atoms. The first-order valence-corrected chi connectivity index (χ1v) is 10.4. The molecule has 0 bridgehead atoms. The zero-order valence-corrected chi connectivity index (χ0v) is 16.7. The molecule has 12 heteroatoms. The molecule has 0 unspecified atom stereocenters. The molecule has 1 aliphatic rings. The minimum atomic E-state index is -4.00. The smallest absolute Gasteiger partial charge is 0.295 e. The van der Waals surface area contributed by atoms with E-state index < -0.39 is 38.4 Å². The topological polar surface area (TPSA) is 142 Å². The summed E-state index contributed by atoms with van der Waals surface area (Å²) in [6.45, 7) is 1.15. The van der Waals surface area contributed by atoms with Crippen LogP contribution in [-0.4, -0.2) is 42.1 Å². The van der Waals surface area contributed by atoms with Crippen molar-refractivity contribution in [2.45, 2.75) is 29.9 Å². The number of nitrogens with zero attached hydrogens (tertiary/aromatic N) is 3. The maximum absolute atomic E-state index is 13.0. The van der Waals surface area contributed by atoms with E-state index in [0.29, 0.717) is 0 Å². The van der Waals surface area contributed by atoms with Crippen molar-refractivity contribution in [3.8, 4) is 0 Å². The average molecular weight is 437 g/mol. The molecule has 11 nitrogen and oxygen atoms in total. The fraction of sp³-hybridized carbons (Fsp3) is 0.333. The number of hydrogen-bond acceptors (Lipinski definition) is 8. The third kappa shape index (κ3) is 4.19. The predicted molar refractivity (Wildman–Crippen MR) is 103 cm³/mol. The van der Waals surface area contributed by atoms with Gasteiger partial charge in [0.05, 0.1) is 4.90 Å². The van der Waals surface area contributed by atoms with E-state index in [1.807, 2.05) is 0 Å². The van der Waals surface area contributed by atoms with E-state index in [-0.39, 0.29) is 23.4 Å². The lowest BCUT2D eigenvalue weighted by molar-refractivity contribution is -0.814. The molecule has 0 aromatic heterocycles. The molecule has 0 aliphatic carbocycles. The highest BCUT2D eigenvalue weighted by atomic mass is 32.2. The summed E-state index contributed by atoms with van der Waals surface area (Å²) in [5, 5.41) is 20.2. The number of sulfonamides is 1. The maximum Gasteiger partial charge on any atom is 0.295 e. The van der Waals surface area contributed by atoms with Crippen LogP contribution in [0.5, 0.6) is 0 Å². The van der Waals surface area contributed by atoms with Crippen LogP contribution < -0.4 is 0 Å². The third-order valence-electron chi connectivity index (χ3n) is 4.99. The van der Waals surface area contributed by atoms with Gasteiger partial charge >= 0.3 is 0 Å². The van der Waals surface area contributed by atoms with Crippen LogP contribution >= 0.6 is 0 Å². The highest BCUT2D eigenvalue weighted by Crippen LogP contribution is 2.40. The van der Waals surface area contributed by atoms with Crippen LogP contribution in [0, 0.1) is 27.2 Å². The van der Waals surface area contributed by atoms with Gasteiger partial charge in [0.25, 0.3) is 10.2 Å². The first-order chi connectivity index (χ1) is 14.1. The highest BCUT2D eigenvalue weighted by molar-refractivity contribution is 7.89. The van der Waals surface area contributed by atoms with Crippen LogP contribution in [0.25, 0.3) is 0 Å². The predicted octanol–water partition coefficient (Wildman–Crippen LogP) is 2.07. The van der Waals surface area contributed by atoms with Crippen LogP contribution in [0.4, 0.5) is 0 Å². The van der Waals surface area contributed by atoms with Gasteiger partial charge in [0.1, 0.15) is 0 Å². The Bertz CT molecular complexity index is 1030. The molecule has 160 valence electrons. The summed E-state index contributed by atoms with van der Waals surface area (Å²) in [5.41, 5.74) is -0.692. The molecule has 0 saturated carbocycles. The van der Waals surface area contributed by atoms with Crippen molar-refractivity contribution in [3.63, 3.8) is 0 Å². The van der Waals surface area contributed by atoms with E-state index in [1.165, 1.54) is 24.3 Å². The van der Waals surface area contributed by atoms with Gasteiger partial charge in [-0.2, -0.15) is 4.31 Å². The lowest BCUT2D eigenvalue weighted by Crippen LogP contribution is -2.58. The minimum absolute atomic E-state index is 0.00959. The average Bonchev–Trinajstić information content (AvgIpc) is 2.69. The van der Waals surface area contributed by atoms with E-state index in [0.717, 1.165) is 9.87 Å². The van der Waals surface area contributed by atoms with Gasteiger partial charge < -0.3 is 9.68 Å². The van der Waals surface area contributed by atoms with Gasteiger partial charge in [0.2, 0.25) is 10.0 Å². The number of piperidine rings is 1. The molecule has 1 aliphatic heterocycles. The number of benzene rings is 2. The first kappa shape index (κ1) is 21.5. The number of hydrogen-bond donors (Lipinski definition) is 0. The first-order valence-electron chi connectivity index (χ1n) is 8.92. The SMILES string of the molecule is Cc1ccc(S(=O)(=O)N2CC[C@@](O[N+](=O)[O-])(c3ccccc3)[C@@H](O[N+](=O)[O-])C2)cc1. The number of rotatable bonds is 7. The Kier molecular flexibility index (Phi) is 5.89. The van der Waals surface area contributed by atoms with Crippen molar-refractivity contribution < 1.29 is 28.3 Å². The molecule has 2 aromatic carbocycles. The standard InChI is InChI=1S/C18H19N3O8S/c1-14-7-9-16(10-8-14)30(26,27)19-12-11-18(29-21(24)25,15-5-3-2-4-6-15)17(13-19)28-20(22)23/h2-10,17H,11-13H2,1H3/t17-,18+/m0/s1. The summed E-state index contributed by atoms with van der Waals surface area (Å²) in [7, 11) is -4.00. The Balaban J connectivity index is 2.01. The summed E-state index contributed by atoms with van der Waals surface area (Å²) in [5.74, 6) is 0. The van der Waals surface area contributed by atoms with Crippen LogP contribution in [-0.2, 0) is 25.3 Å². The molecule has 3 rings (SSSR count). The van der Waals surface area contributed by atoms with Crippen LogP contribution in [0.15, 0.2) is 59.5 Å². The molecule has 0 amide bonds. The van der Waals surface area contributed by atoms with Crippen molar-refractivity contribution in [1.29, 1.82) is 0 Å². The molecule has 1 saturated heterocycles. The second-order valence-electron chi connectivity index (χ2n) is 6.81. The van der Waals surface area contributed by atoms with E-state index in [1.54, 1.807) is 37.3 Å². The normalized spacial score (nSPS) is 22.2. The second kappa shape index (κ2) is 8.24. The lowest BCUT2D eigenvalue weighted by atomic mass is 9.82. The van der Waals surface area contributed by atoms with E-state index >= 15 is 0 Å². The van der Waals surface area contributed by atoms with Gasteiger partial charge in [-0.1, -0.05) is 48.0 Å². The monoisotopic (exact) mass is 437 g/mol. The van der Waals surface area contributed by atoms with Crippen LogP contribution in [0.2, 0.25) is 0 Å².